The number of alkyl halides is 3. The van der Waals surface area contributed by atoms with Crippen molar-refractivity contribution in [2.24, 2.45) is 4.99 Å². The number of ketones is 1. The molecule has 1 N–H and O–H groups in total. The van der Waals surface area contributed by atoms with Gasteiger partial charge in [0.1, 0.15) is 5.75 Å². The summed E-state index contributed by atoms with van der Waals surface area (Å²) in [6.07, 6.45) is 0.455. The molecule has 220 valence electrons. The second-order valence-electron chi connectivity index (χ2n) is 10.4. The molecular weight excluding hydrogens is 545 g/mol. The Balaban J connectivity index is 1.28. The summed E-state index contributed by atoms with van der Waals surface area (Å²) in [5, 5.41) is 3.06. The molecule has 5 rings (SSSR count). The minimum atomic E-state index is -4.52. The maximum atomic E-state index is 14.1. The van der Waals surface area contributed by atoms with Crippen molar-refractivity contribution in [3.05, 3.63) is 88.3 Å². The van der Waals surface area contributed by atoms with Crippen molar-refractivity contribution in [3.63, 3.8) is 0 Å². The van der Waals surface area contributed by atoms with Crippen LogP contribution in [0.5, 0.6) is 11.6 Å². The van der Waals surface area contributed by atoms with Gasteiger partial charge in [0.2, 0.25) is 11.8 Å². The van der Waals surface area contributed by atoms with Gasteiger partial charge in [-0.05, 0) is 48.4 Å². The summed E-state index contributed by atoms with van der Waals surface area (Å²) < 4.78 is 48.1. The van der Waals surface area contributed by atoms with Gasteiger partial charge < -0.3 is 15.0 Å². The van der Waals surface area contributed by atoms with Gasteiger partial charge in [0, 0.05) is 63.2 Å². The fourth-order valence-electron chi connectivity index (χ4n) is 4.95. The Morgan fingerprint density at radius 1 is 1.05 bits per heavy atom. The normalized spacial score (nSPS) is 16.0. The Morgan fingerprint density at radius 3 is 2.55 bits per heavy atom. The average molecular weight is 579 g/mol. The zero-order valence-corrected chi connectivity index (χ0v) is 23.6. The standard InChI is InChI=1S/C31H33F3N6O2/c1-3-39-12-14-40(15-13-39)20-24-7-5-22(16-26(24)31(32,33)34)17-27(41)23-6-4-21(2)28(18-23)42-29-9-11-36-30(38-29)37-25-8-10-35-19-25/h4-9,11,16,18-19H,3,10,12-15,17,20H2,1-2H3,(H,36,37,38). The van der Waals surface area contributed by atoms with Crippen molar-refractivity contribution in [3.8, 4) is 11.6 Å². The molecular formula is C31H33F3N6O2. The van der Waals surface area contributed by atoms with Gasteiger partial charge in [0.05, 0.1) is 17.8 Å². The number of hydrogen-bond acceptors (Lipinski definition) is 8. The summed E-state index contributed by atoms with van der Waals surface area (Å²) in [5.41, 5.74) is 1.74. The number of piperazine rings is 1. The number of nitrogens with zero attached hydrogens (tertiary/aromatic N) is 5. The summed E-state index contributed by atoms with van der Waals surface area (Å²) in [4.78, 5) is 30.2. The fraction of sp³-hybridized carbons (Fsp3) is 0.355. The molecule has 1 saturated heterocycles. The van der Waals surface area contributed by atoms with Gasteiger partial charge in [-0.1, -0.05) is 31.2 Å². The first kappa shape index (κ1) is 29.4. The van der Waals surface area contributed by atoms with Gasteiger partial charge in [-0.2, -0.15) is 18.2 Å². The third kappa shape index (κ3) is 7.40. The zero-order valence-electron chi connectivity index (χ0n) is 23.6. The Kier molecular flexibility index (Phi) is 8.98. The van der Waals surface area contributed by atoms with Crippen LogP contribution >= 0.6 is 0 Å². The van der Waals surface area contributed by atoms with E-state index in [4.69, 9.17) is 4.74 Å². The molecule has 0 atom stereocenters. The first-order chi connectivity index (χ1) is 20.2. The molecule has 0 saturated carbocycles. The molecule has 0 unspecified atom stereocenters. The molecule has 11 heteroatoms. The smallest absolute Gasteiger partial charge is 0.416 e. The van der Waals surface area contributed by atoms with Crippen molar-refractivity contribution in [2.75, 3.05) is 44.6 Å². The van der Waals surface area contributed by atoms with Crippen molar-refractivity contribution < 1.29 is 22.7 Å². The quantitative estimate of drug-likeness (QED) is 0.317. The highest BCUT2D eigenvalue weighted by atomic mass is 19.4. The van der Waals surface area contributed by atoms with E-state index in [-0.39, 0.29) is 30.2 Å². The van der Waals surface area contributed by atoms with Crippen molar-refractivity contribution in [2.45, 2.75) is 33.0 Å². The number of allylic oxidation sites excluding steroid dienone is 1. The first-order valence-corrected chi connectivity index (χ1v) is 13.9. The summed E-state index contributed by atoms with van der Waals surface area (Å²) in [7, 11) is 0. The van der Waals surface area contributed by atoms with E-state index < -0.39 is 11.7 Å². The van der Waals surface area contributed by atoms with Crippen LogP contribution in [0.25, 0.3) is 0 Å². The largest absolute Gasteiger partial charge is 0.439 e. The molecule has 0 bridgehead atoms. The summed E-state index contributed by atoms with van der Waals surface area (Å²) in [5.74, 6) is 0.719. The van der Waals surface area contributed by atoms with E-state index in [1.807, 2.05) is 17.9 Å². The number of anilines is 1. The molecule has 0 radical (unpaired) electrons. The molecule has 0 amide bonds. The summed E-state index contributed by atoms with van der Waals surface area (Å²) in [6.45, 7) is 8.81. The van der Waals surface area contributed by atoms with Crippen molar-refractivity contribution in [1.29, 1.82) is 0 Å². The number of halogens is 3. The number of Topliss-reactive ketones (excluding diaryl/α,β-unsaturated/α-hetero) is 1. The van der Waals surface area contributed by atoms with Gasteiger partial charge in [-0.3, -0.25) is 14.7 Å². The third-order valence-corrected chi connectivity index (χ3v) is 7.41. The number of ether oxygens (including phenoxy) is 1. The number of benzene rings is 2. The van der Waals surface area contributed by atoms with Crippen LogP contribution in [0.2, 0.25) is 0 Å². The van der Waals surface area contributed by atoms with Gasteiger partial charge >= 0.3 is 6.18 Å². The van der Waals surface area contributed by atoms with Crippen molar-refractivity contribution >= 4 is 17.9 Å². The molecule has 0 aliphatic carbocycles. The topological polar surface area (TPSA) is 83.0 Å². The number of nitrogens with one attached hydrogen (secondary N) is 1. The molecule has 0 spiro atoms. The molecule has 1 fully saturated rings. The highest BCUT2D eigenvalue weighted by Crippen LogP contribution is 2.34. The molecule has 2 aromatic carbocycles. The number of aryl methyl sites for hydroxylation is 1. The molecule has 1 aromatic heterocycles. The van der Waals surface area contributed by atoms with Crippen LogP contribution in [0.3, 0.4) is 0 Å². The van der Waals surface area contributed by atoms with E-state index in [2.05, 4.69) is 32.1 Å². The minimum Gasteiger partial charge on any atom is -0.439 e. The van der Waals surface area contributed by atoms with Crippen LogP contribution in [0.1, 0.15) is 39.5 Å². The monoisotopic (exact) mass is 578 g/mol. The number of hydrogen-bond donors (Lipinski definition) is 1. The van der Waals surface area contributed by atoms with Crippen LogP contribution < -0.4 is 10.1 Å². The minimum absolute atomic E-state index is 0.167. The maximum Gasteiger partial charge on any atom is 0.416 e. The van der Waals surface area contributed by atoms with Crippen LogP contribution in [-0.2, 0) is 19.1 Å². The number of carbonyl (C=O) groups is 1. The van der Waals surface area contributed by atoms with E-state index >= 15 is 0 Å². The number of carbonyl (C=O) groups excluding carboxylic acids is 1. The lowest BCUT2D eigenvalue weighted by molar-refractivity contribution is -0.138. The SMILES string of the molecule is CCN1CCN(Cc2ccc(CC(=O)c3ccc(C)c(Oc4ccnc(NC5=CCN=C5)n4)c3)cc2C(F)(F)F)CC1. The molecule has 3 aromatic rings. The van der Waals surface area contributed by atoms with Crippen LogP contribution in [-0.4, -0.2) is 71.0 Å². The van der Waals surface area contributed by atoms with Gasteiger partial charge in [-0.15, -0.1) is 0 Å². The first-order valence-electron chi connectivity index (χ1n) is 13.9. The van der Waals surface area contributed by atoms with Gasteiger partial charge in [0.25, 0.3) is 0 Å². The van der Waals surface area contributed by atoms with E-state index in [0.29, 0.717) is 29.4 Å². The maximum absolute atomic E-state index is 14.1. The lowest BCUT2D eigenvalue weighted by Crippen LogP contribution is -2.45. The van der Waals surface area contributed by atoms with Crippen LogP contribution in [0.15, 0.2) is 65.4 Å². The predicted octanol–water partition coefficient (Wildman–Crippen LogP) is 5.54. The Hall–Kier alpha value is -4.09. The lowest BCUT2D eigenvalue weighted by Gasteiger charge is -2.34. The molecule has 8 nitrogen and oxygen atoms in total. The van der Waals surface area contributed by atoms with E-state index in [1.165, 1.54) is 6.07 Å². The molecule has 42 heavy (non-hydrogen) atoms. The summed E-state index contributed by atoms with van der Waals surface area (Å²) in [6, 6.07) is 10.8. The Morgan fingerprint density at radius 2 is 1.83 bits per heavy atom. The van der Waals surface area contributed by atoms with Crippen molar-refractivity contribution in [1.82, 2.24) is 19.8 Å². The van der Waals surface area contributed by atoms with Gasteiger partial charge in [0.15, 0.2) is 5.78 Å². The van der Waals surface area contributed by atoms with E-state index in [9.17, 15) is 18.0 Å². The van der Waals surface area contributed by atoms with Crippen LogP contribution in [0, 0.1) is 6.92 Å². The zero-order chi connectivity index (χ0) is 29.7. The molecule has 2 aliphatic heterocycles. The molecule has 2 aliphatic rings. The Labute approximate surface area is 242 Å². The summed E-state index contributed by atoms with van der Waals surface area (Å²) >= 11 is 0. The fourth-order valence-corrected chi connectivity index (χ4v) is 4.95. The lowest BCUT2D eigenvalue weighted by atomic mass is 9.97. The van der Waals surface area contributed by atoms with E-state index in [1.54, 1.807) is 42.7 Å². The van der Waals surface area contributed by atoms with E-state index in [0.717, 1.165) is 50.1 Å². The average Bonchev–Trinajstić information content (AvgIpc) is 3.48. The predicted molar refractivity (Wildman–Crippen MR) is 155 cm³/mol. The Bertz CT molecular complexity index is 1500. The second-order valence-corrected chi connectivity index (χ2v) is 10.4. The number of aliphatic imine (C=N–C) groups is 1. The highest BCUT2D eigenvalue weighted by Gasteiger charge is 2.34. The number of aromatic nitrogens is 2. The third-order valence-electron chi connectivity index (χ3n) is 7.41. The molecule has 3 heterocycles. The van der Waals surface area contributed by atoms with Crippen LogP contribution in [0.4, 0.5) is 19.1 Å². The second kappa shape index (κ2) is 12.8. The number of rotatable bonds is 10. The van der Waals surface area contributed by atoms with Gasteiger partial charge in [-0.25, -0.2) is 4.98 Å². The number of likely N-dealkylation sites (N-methyl/N-ethyl adjacent to an activating group) is 1. The highest BCUT2D eigenvalue weighted by molar-refractivity contribution is 5.98.